The summed E-state index contributed by atoms with van der Waals surface area (Å²) in [6.07, 6.45) is -4.39. The SMILES string of the molecule is O=C(O)CN=Nc1ccc(C(F)(F)F)cc1. The van der Waals surface area contributed by atoms with E-state index in [-0.39, 0.29) is 5.69 Å². The Balaban J connectivity index is 2.72. The fraction of sp³-hybridized carbons (Fsp3) is 0.222. The lowest BCUT2D eigenvalue weighted by atomic mass is 10.2. The molecule has 0 radical (unpaired) electrons. The zero-order chi connectivity index (χ0) is 12.2. The van der Waals surface area contributed by atoms with Crippen LogP contribution in [0.4, 0.5) is 18.9 Å². The van der Waals surface area contributed by atoms with Crippen molar-refractivity contribution in [2.75, 3.05) is 6.54 Å². The molecule has 1 aromatic rings. The number of nitrogens with zero attached hydrogens (tertiary/aromatic N) is 2. The van der Waals surface area contributed by atoms with Gasteiger partial charge >= 0.3 is 12.1 Å². The minimum Gasteiger partial charge on any atom is -0.480 e. The van der Waals surface area contributed by atoms with Crippen LogP contribution in [0.1, 0.15) is 5.56 Å². The molecular weight excluding hydrogens is 225 g/mol. The fourth-order valence-electron chi connectivity index (χ4n) is 0.895. The molecule has 0 atom stereocenters. The van der Waals surface area contributed by atoms with E-state index in [2.05, 4.69) is 10.2 Å². The van der Waals surface area contributed by atoms with E-state index in [0.29, 0.717) is 0 Å². The fourth-order valence-corrected chi connectivity index (χ4v) is 0.895. The summed E-state index contributed by atoms with van der Waals surface area (Å²) < 4.78 is 36.4. The number of alkyl halides is 3. The van der Waals surface area contributed by atoms with E-state index in [0.717, 1.165) is 24.3 Å². The highest BCUT2D eigenvalue weighted by Crippen LogP contribution is 2.30. The van der Waals surface area contributed by atoms with Crippen LogP contribution in [-0.2, 0) is 11.0 Å². The third kappa shape index (κ3) is 3.68. The number of hydrogen-bond donors (Lipinski definition) is 1. The van der Waals surface area contributed by atoms with E-state index >= 15 is 0 Å². The van der Waals surface area contributed by atoms with Crippen molar-refractivity contribution in [3.63, 3.8) is 0 Å². The Morgan fingerprint density at radius 2 is 1.81 bits per heavy atom. The van der Waals surface area contributed by atoms with Crippen LogP contribution < -0.4 is 0 Å². The first-order valence-electron chi connectivity index (χ1n) is 4.16. The molecule has 0 aromatic heterocycles. The lowest BCUT2D eigenvalue weighted by Gasteiger charge is -2.05. The topological polar surface area (TPSA) is 62.0 Å². The minimum atomic E-state index is -4.39. The Labute approximate surface area is 88.4 Å². The molecule has 7 heteroatoms. The predicted molar refractivity (Wildman–Crippen MR) is 48.5 cm³/mol. The van der Waals surface area contributed by atoms with Crippen molar-refractivity contribution in [1.82, 2.24) is 0 Å². The van der Waals surface area contributed by atoms with Gasteiger partial charge in [-0.05, 0) is 24.3 Å². The zero-order valence-electron chi connectivity index (χ0n) is 7.90. The molecule has 0 saturated heterocycles. The second-order valence-corrected chi connectivity index (χ2v) is 2.84. The summed E-state index contributed by atoms with van der Waals surface area (Å²) in [6, 6.07) is 3.95. The quantitative estimate of drug-likeness (QED) is 0.814. The van der Waals surface area contributed by atoms with Crippen molar-refractivity contribution in [3.05, 3.63) is 29.8 Å². The monoisotopic (exact) mass is 232 g/mol. The van der Waals surface area contributed by atoms with Crippen molar-refractivity contribution in [2.24, 2.45) is 10.2 Å². The van der Waals surface area contributed by atoms with Gasteiger partial charge in [0.25, 0.3) is 0 Å². The Kier molecular flexibility index (Phi) is 3.60. The second-order valence-electron chi connectivity index (χ2n) is 2.84. The van der Waals surface area contributed by atoms with E-state index in [4.69, 9.17) is 5.11 Å². The van der Waals surface area contributed by atoms with E-state index in [1.165, 1.54) is 0 Å². The van der Waals surface area contributed by atoms with Crippen molar-refractivity contribution >= 4 is 11.7 Å². The van der Waals surface area contributed by atoms with Crippen molar-refractivity contribution in [1.29, 1.82) is 0 Å². The molecular formula is C9H7F3N2O2. The molecule has 0 bridgehead atoms. The molecule has 4 nitrogen and oxygen atoms in total. The van der Waals surface area contributed by atoms with Crippen molar-refractivity contribution < 1.29 is 23.1 Å². The van der Waals surface area contributed by atoms with Crippen LogP contribution in [0.5, 0.6) is 0 Å². The molecule has 1 rings (SSSR count). The molecule has 0 amide bonds. The minimum absolute atomic E-state index is 0.175. The summed E-state index contributed by atoms with van der Waals surface area (Å²) in [7, 11) is 0. The average molecular weight is 232 g/mol. The first-order chi connectivity index (χ1) is 7.39. The molecule has 0 aliphatic rings. The second kappa shape index (κ2) is 4.73. The number of hydrogen-bond acceptors (Lipinski definition) is 3. The molecule has 1 aromatic carbocycles. The maximum atomic E-state index is 12.1. The molecule has 0 aliphatic heterocycles. The lowest BCUT2D eigenvalue weighted by Crippen LogP contribution is -2.03. The number of rotatable bonds is 3. The molecule has 16 heavy (non-hydrogen) atoms. The molecule has 0 aliphatic carbocycles. The van der Waals surface area contributed by atoms with Gasteiger partial charge in [-0.2, -0.15) is 23.4 Å². The lowest BCUT2D eigenvalue weighted by molar-refractivity contribution is -0.137. The van der Waals surface area contributed by atoms with Gasteiger partial charge in [-0.25, -0.2) is 0 Å². The summed E-state index contributed by atoms with van der Waals surface area (Å²) in [5.74, 6) is -1.16. The van der Waals surface area contributed by atoms with Gasteiger partial charge in [0.2, 0.25) is 0 Å². The van der Waals surface area contributed by atoms with Crippen LogP contribution in [0.2, 0.25) is 0 Å². The van der Waals surface area contributed by atoms with E-state index in [9.17, 15) is 18.0 Å². The number of azo groups is 1. The molecule has 0 spiro atoms. The molecule has 0 saturated carbocycles. The summed E-state index contributed by atoms with van der Waals surface area (Å²) in [4.78, 5) is 10.1. The molecule has 1 N–H and O–H groups in total. The first kappa shape index (κ1) is 12.2. The zero-order valence-corrected chi connectivity index (χ0v) is 7.90. The highest BCUT2D eigenvalue weighted by molar-refractivity contribution is 5.69. The maximum absolute atomic E-state index is 12.1. The normalized spacial score (nSPS) is 11.9. The van der Waals surface area contributed by atoms with Crippen LogP contribution in [0.3, 0.4) is 0 Å². The number of halogens is 3. The smallest absolute Gasteiger partial charge is 0.416 e. The van der Waals surface area contributed by atoms with Crippen LogP contribution in [0.15, 0.2) is 34.5 Å². The molecule has 0 unspecified atom stereocenters. The van der Waals surface area contributed by atoms with Gasteiger partial charge in [-0.3, -0.25) is 4.79 Å². The van der Waals surface area contributed by atoms with Crippen LogP contribution in [0, 0.1) is 0 Å². The Hall–Kier alpha value is -1.92. The van der Waals surface area contributed by atoms with Gasteiger partial charge in [0.05, 0.1) is 11.3 Å². The number of benzene rings is 1. The standard InChI is InChI=1S/C9H7F3N2O2/c10-9(11,12)6-1-3-7(4-2-6)14-13-5-8(15)16/h1-4H,5H2,(H,15,16). The molecule has 86 valence electrons. The predicted octanol–water partition coefficient (Wildman–Crippen LogP) is 2.87. The Morgan fingerprint density at radius 3 is 2.25 bits per heavy atom. The number of carboxylic acid groups (broad SMARTS) is 1. The van der Waals surface area contributed by atoms with Gasteiger partial charge in [0.1, 0.15) is 0 Å². The third-order valence-corrected chi connectivity index (χ3v) is 1.59. The van der Waals surface area contributed by atoms with Gasteiger partial charge in [-0.15, -0.1) is 0 Å². The molecule has 0 heterocycles. The van der Waals surface area contributed by atoms with Gasteiger partial charge < -0.3 is 5.11 Å². The largest absolute Gasteiger partial charge is 0.480 e. The van der Waals surface area contributed by atoms with Gasteiger partial charge in [-0.1, -0.05) is 0 Å². The van der Waals surface area contributed by atoms with Crippen molar-refractivity contribution in [2.45, 2.75) is 6.18 Å². The number of carboxylic acids is 1. The highest BCUT2D eigenvalue weighted by Gasteiger charge is 2.29. The van der Waals surface area contributed by atoms with Gasteiger partial charge in [0, 0.05) is 0 Å². The maximum Gasteiger partial charge on any atom is 0.416 e. The molecule has 0 fully saturated rings. The number of aliphatic carboxylic acids is 1. The van der Waals surface area contributed by atoms with Crippen LogP contribution in [-0.4, -0.2) is 17.6 Å². The third-order valence-electron chi connectivity index (χ3n) is 1.59. The average Bonchev–Trinajstić information content (AvgIpc) is 2.16. The summed E-state index contributed by atoms with van der Waals surface area (Å²) in [6.45, 7) is -0.513. The summed E-state index contributed by atoms with van der Waals surface area (Å²) in [5.41, 5.74) is -0.612. The van der Waals surface area contributed by atoms with E-state index in [1.807, 2.05) is 0 Å². The van der Waals surface area contributed by atoms with Crippen LogP contribution in [0.25, 0.3) is 0 Å². The van der Waals surface area contributed by atoms with E-state index in [1.54, 1.807) is 0 Å². The van der Waals surface area contributed by atoms with Crippen LogP contribution >= 0.6 is 0 Å². The summed E-state index contributed by atoms with van der Waals surface area (Å²) >= 11 is 0. The first-order valence-corrected chi connectivity index (χ1v) is 4.16. The van der Waals surface area contributed by atoms with E-state index < -0.39 is 24.3 Å². The summed E-state index contributed by atoms with van der Waals surface area (Å²) in [5, 5.41) is 15.0. The highest BCUT2D eigenvalue weighted by atomic mass is 19.4. The Bertz CT molecular complexity index is 398. The van der Waals surface area contributed by atoms with Crippen molar-refractivity contribution in [3.8, 4) is 0 Å². The number of carbonyl (C=O) groups is 1. The Morgan fingerprint density at radius 1 is 1.25 bits per heavy atom. The van der Waals surface area contributed by atoms with Gasteiger partial charge in [0.15, 0.2) is 6.54 Å².